The maximum Gasteiger partial charge on any atom is 0.104 e. The van der Waals surface area contributed by atoms with Crippen LogP contribution in [0.3, 0.4) is 0 Å². The topological polar surface area (TPSA) is 81.2 Å². The Morgan fingerprint density at radius 1 is 0.627 bits per heavy atom. The Morgan fingerprint density at radius 2 is 1.29 bits per heavy atom. The molecule has 240 valence electrons. The first-order chi connectivity index (χ1) is 25.0. The quantitative estimate of drug-likeness (QED) is 0.168. The van der Waals surface area contributed by atoms with Crippen molar-refractivity contribution in [1.29, 1.82) is 15.8 Å². The van der Waals surface area contributed by atoms with Gasteiger partial charge in [-0.3, -0.25) is 0 Å². The number of hydrogen-bond acceptors (Lipinski definition) is 3. The third kappa shape index (κ3) is 5.37. The molecule has 2 heterocycles. The second-order valence-corrected chi connectivity index (χ2v) is 12.2. The first kappa shape index (κ1) is 32.2. The number of nitrogens with zero attached hydrogens (tertiary/aromatic N) is 5. The lowest BCUT2D eigenvalue weighted by molar-refractivity contribution is 0.997. The van der Waals surface area contributed by atoms with Crippen molar-refractivity contribution in [1.82, 2.24) is 9.13 Å². The highest BCUT2D eigenvalue weighted by Crippen LogP contribution is 2.39. The second-order valence-electron chi connectivity index (χ2n) is 12.2. The highest BCUT2D eigenvalue weighted by Gasteiger charge is 2.20. The van der Waals surface area contributed by atoms with Gasteiger partial charge in [0, 0.05) is 38.8 Å². The van der Waals surface area contributed by atoms with Gasteiger partial charge >= 0.3 is 0 Å². The van der Waals surface area contributed by atoms with Crippen LogP contribution >= 0.6 is 0 Å². The maximum absolute atomic E-state index is 10.2. The molecule has 0 bridgehead atoms. The summed E-state index contributed by atoms with van der Waals surface area (Å²) in [5.41, 5.74) is 12.7. The van der Waals surface area contributed by atoms with Crippen LogP contribution in [-0.4, -0.2) is 9.13 Å². The van der Waals surface area contributed by atoms with Gasteiger partial charge in [0.05, 0.1) is 45.5 Å². The first-order valence-electron chi connectivity index (χ1n) is 16.6. The molecule has 0 N–H and O–H groups in total. The summed E-state index contributed by atoms with van der Waals surface area (Å²) < 4.78 is 4.22. The van der Waals surface area contributed by atoms with Gasteiger partial charge in [0.2, 0.25) is 0 Å². The molecule has 0 aliphatic heterocycles. The van der Waals surface area contributed by atoms with Crippen LogP contribution in [-0.2, 0) is 0 Å². The average molecular weight is 654 g/mol. The van der Waals surface area contributed by atoms with E-state index in [1.54, 1.807) is 18.2 Å². The van der Waals surface area contributed by atoms with E-state index in [9.17, 15) is 15.8 Å². The van der Waals surface area contributed by atoms with Gasteiger partial charge in [0.15, 0.2) is 0 Å². The predicted octanol–water partition coefficient (Wildman–Crippen LogP) is 10.9. The highest BCUT2D eigenvalue weighted by molar-refractivity contribution is 6.11. The van der Waals surface area contributed by atoms with Crippen molar-refractivity contribution >= 4 is 34.0 Å². The molecule has 0 aliphatic carbocycles. The summed E-state index contributed by atoms with van der Waals surface area (Å²) in [4.78, 5) is 0. The number of hydrogen-bond donors (Lipinski definition) is 0. The Balaban J connectivity index is 1.43. The molecular weight excluding hydrogens is 623 g/mol. The van der Waals surface area contributed by atoms with Gasteiger partial charge in [-0.05, 0) is 98.1 Å². The van der Waals surface area contributed by atoms with Crippen molar-refractivity contribution in [2.24, 2.45) is 0 Å². The van der Waals surface area contributed by atoms with Crippen LogP contribution in [0.2, 0.25) is 0 Å². The van der Waals surface area contributed by atoms with Crippen LogP contribution in [0.1, 0.15) is 53.1 Å². The lowest BCUT2D eigenvalue weighted by Gasteiger charge is -2.16. The number of fused-ring (bicyclic) bond motifs is 3. The van der Waals surface area contributed by atoms with Gasteiger partial charge in [0.25, 0.3) is 0 Å². The number of benzene rings is 5. The summed E-state index contributed by atoms with van der Waals surface area (Å²) in [5, 5.41) is 31.6. The minimum absolute atomic E-state index is 0.518. The van der Waals surface area contributed by atoms with Gasteiger partial charge in [-0.25, -0.2) is 0 Å². The fourth-order valence-electron chi connectivity index (χ4n) is 7.11. The molecule has 7 rings (SSSR count). The van der Waals surface area contributed by atoms with Gasteiger partial charge < -0.3 is 9.13 Å². The maximum atomic E-state index is 10.2. The SMILES string of the molecule is C#Cc1c(/C=C\C)c(/C=C\C)c(C)n1-c1cccc(-c2cccc(-c3cc(C#N)ccc3-n3c4ccc(C#N)cc4c4cccc(C#N)c43)c2)c1. The number of rotatable bonds is 6. The molecule has 0 aliphatic rings. The Kier molecular flexibility index (Phi) is 8.41. The number of nitriles is 3. The van der Waals surface area contributed by atoms with Gasteiger partial charge in [-0.2, -0.15) is 15.8 Å². The number of aromatic nitrogens is 2. The molecular formula is C46H31N5. The highest BCUT2D eigenvalue weighted by atomic mass is 15.0. The molecule has 0 saturated heterocycles. The van der Waals surface area contributed by atoms with Crippen molar-refractivity contribution in [3.05, 3.63) is 154 Å². The fraction of sp³-hybridized carbons (Fsp3) is 0.0652. The van der Waals surface area contributed by atoms with Gasteiger partial charge in [-0.15, -0.1) is 6.42 Å². The van der Waals surface area contributed by atoms with Crippen LogP contribution in [0.4, 0.5) is 0 Å². The Bertz CT molecular complexity index is 2770. The summed E-state index contributed by atoms with van der Waals surface area (Å²) in [6.07, 6.45) is 14.3. The van der Waals surface area contributed by atoms with E-state index in [2.05, 4.69) is 82.7 Å². The molecule has 5 nitrogen and oxygen atoms in total. The molecule has 0 radical (unpaired) electrons. The lowest BCUT2D eigenvalue weighted by atomic mass is 9.96. The average Bonchev–Trinajstić information content (AvgIpc) is 3.65. The number of allylic oxidation sites excluding steroid dienone is 2. The molecule has 5 heteroatoms. The molecule has 0 saturated carbocycles. The van der Waals surface area contributed by atoms with E-state index < -0.39 is 0 Å². The van der Waals surface area contributed by atoms with E-state index in [0.29, 0.717) is 16.7 Å². The smallest absolute Gasteiger partial charge is 0.104 e. The third-order valence-corrected chi connectivity index (χ3v) is 9.31. The largest absolute Gasteiger partial charge is 0.307 e. The summed E-state index contributed by atoms with van der Waals surface area (Å²) in [6.45, 7) is 6.09. The molecule has 2 aromatic heterocycles. The van der Waals surface area contributed by atoms with Crippen LogP contribution < -0.4 is 0 Å². The van der Waals surface area contributed by atoms with Crippen LogP contribution in [0.25, 0.3) is 67.6 Å². The van der Waals surface area contributed by atoms with E-state index in [4.69, 9.17) is 6.42 Å². The molecule has 0 atom stereocenters. The van der Waals surface area contributed by atoms with E-state index in [0.717, 1.165) is 77.9 Å². The third-order valence-electron chi connectivity index (χ3n) is 9.31. The summed E-state index contributed by atoms with van der Waals surface area (Å²) >= 11 is 0. The number of para-hydroxylation sites is 1. The summed E-state index contributed by atoms with van der Waals surface area (Å²) in [7, 11) is 0. The van der Waals surface area contributed by atoms with E-state index >= 15 is 0 Å². The zero-order chi connectivity index (χ0) is 35.6. The van der Waals surface area contributed by atoms with Crippen LogP contribution in [0.15, 0.2) is 115 Å². The normalized spacial score (nSPS) is 11.2. The molecule has 0 fully saturated rings. The lowest BCUT2D eigenvalue weighted by Crippen LogP contribution is -2.01. The van der Waals surface area contributed by atoms with E-state index in [-0.39, 0.29) is 0 Å². The van der Waals surface area contributed by atoms with Crippen molar-refractivity contribution < 1.29 is 0 Å². The Labute approximate surface area is 297 Å². The van der Waals surface area contributed by atoms with Crippen molar-refractivity contribution in [2.45, 2.75) is 20.8 Å². The Morgan fingerprint density at radius 3 is 2.02 bits per heavy atom. The minimum Gasteiger partial charge on any atom is -0.307 e. The minimum atomic E-state index is 0.518. The monoisotopic (exact) mass is 653 g/mol. The standard InChI is InChI=1S/C46H31N5/c1-5-11-38-30(4)50(43(7-3)39(38)12-6-2)37-17-9-14-34(26-37)33-13-8-15-35(25-33)41-23-31(27-47)19-21-44(41)51-45-22-20-32(28-48)24-42(45)40-18-10-16-36(29-49)46(40)51/h3,5-6,8-26H,1-2,4H3/b11-5-,12-6-. The fourth-order valence-corrected chi connectivity index (χ4v) is 7.11. The van der Waals surface area contributed by atoms with Gasteiger partial charge in [0.1, 0.15) is 11.8 Å². The molecule has 0 unspecified atom stereocenters. The predicted molar refractivity (Wildman–Crippen MR) is 207 cm³/mol. The van der Waals surface area contributed by atoms with E-state index in [1.807, 2.05) is 80.6 Å². The first-order valence-corrected chi connectivity index (χ1v) is 16.6. The van der Waals surface area contributed by atoms with E-state index in [1.165, 1.54) is 0 Å². The second kappa shape index (κ2) is 13.3. The molecule has 0 spiro atoms. The summed E-state index contributed by atoms with van der Waals surface area (Å²) in [6, 6.07) is 40.4. The molecule has 0 amide bonds. The van der Waals surface area contributed by atoms with Crippen molar-refractivity contribution in [3.8, 4) is 64.2 Å². The van der Waals surface area contributed by atoms with Crippen molar-refractivity contribution in [2.75, 3.05) is 0 Å². The van der Waals surface area contributed by atoms with Crippen molar-refractivity contribution in [3.63, 3.8) is 0 Å². The van der Waals surface area contributed by atoms with Crippen LogP contribution in [0.5, 0.6) is 0 Å². The molecule has 7 aromatic rings. The number of terminal acetylenes is 1. The molecule has 5 aromatic carbocycles. The zero-order valence-electron chi connectivity index (χ0n) is 28.4. The summed E-state index contributed by atoms with van der Waals surface area (Å²) in [5.74, 6) is 2.94. The zero-order valence-corrected chi connectivity index (χ0v) is 28.4. The molecule has 51 heavy (non-hydrogen) atoms. The van der Waals surface area contributed by atoms with Crippen LogP contribution in [0, 0.1) is 53.3 Å². The Hall–Kier alpha value is -7.31. The van der Waals surface area contributed by atoms with Gasteiger partial charge in [-0.1, -0.05) is 72.7 Å².